The Kier molecular flexibility index (Phi) is 5.69. The molecule has 1 unspecified atom stereocenters. The first-order chi connectivity index (χ1) is 14.2. The molecular weight excluding hydrogens is 368 g/mol. The molecular formula is C21H24N6O2. The fraction of sp³-hybridized carbons (Fsp3) is 0.333. The first kappa shape index (κ1) is 18.9. The third-order valence-electron chi connectivity index (χ3n) is 5.15. The number of amides is 2. The second-order valence-corrected chi connectivity index (χ2v) is 7.31. The van der Waals surface area contributed by atoms with Crippen molar-refractivity contribution >= 4 is 34.4 Å². The van der Waals surface area contributed by atoms with Crippen LogP contribution in [-0.4, -0.2) is 46.4 Å². The number of aromatic nitrogens is 3. The van der Waals surface area contributed by atoms with Crippen molar-refractivity contribution in [1.82, 2.24) is 20.3 Å². The molecule has 3 N–H and O–H groups in total. The summed E-state index contributed by atoms with van der Waals surface area (Å²) in [5.41, 5.74) is 1.52. The molecule has 29 heavy (non-hydrogen) atoms. The van der Waals surface area contributed by atoms with E-state index in [1.807, 2.05) is 30.5 Å². The molecule has 3 heterocycles. The van der Waals surface area contributed by atoms with E-state index >= 15 is 0 Å². The predicted molar refractivity (Wildman–Crippen MR) is 112 cm³/mol. The number of para-hydroxylation sites is 1. The number of anilines is 2. The molecule has 0 spiro atoms. The van der Waals surface area contributed by atoms with Crippen LogP contribution in [0.25, 0.3) is 11.0 Å². The Morgan fingerprint density at radius 3 is 2.90 bits per heavy atom. The maximum absolute atomic E-state index is 12.4. The van der Waals surface area contributed by atoms with Gasteiger partial charge in [-0.1, -0.05) is 18.2 Å². The van der Waals surface area contributed by atoms with Crippen molar-refractivity contribution in [3.63, 3.8) is 0 Å². The maximum Gasteiger partial charge on any atom is 0.319 e. The number of fused-ring (bicyclic) bond motifs is 1. The molecule has 1 aliphatic heterocycles. The molecule has 150 valence electrons. The second kappa shape index (κ2) is 8.72. The lowest BCUT2D eigenvalue weighted by molar-refractivity contribution is -0.119. The second-order valence-electron chi connectivity index (χ2n) is 7.31. The van der Waals surface area contributed by atoms with Crippen LogP contribution < -0.4 is 15.5 Å². The van der Waals surface area contributed by atoms with Crippen molar-refractivity contribution in [2.45, 2.75) is 19.3 Å². The highest BCUT2D eigenvalue weighted by Crippen LogP contribution is 2.28. The van der Waals surface area contributed by atoms with E-state index in [2.05, 4.69) is 30.5 Å². The lowest BCUT2D eigenvalue weighted by Gasteiger charge is -2.33. The van der Waals surface area contributed by atoms with Gasteiger partial charge in [-0.3, -0.25) is 4.79 Å². The summed E-state index contributed by atoms with van der Waals surface area (Å²) in [4.78, 5) is 38.4. The number of nitrogens with one attached hydrogen (secondary N) is 3. The predicted octanol–water partition coefficient (Wildman–Crippen LogP) is 2.96. The topological polar surface area (TPSA) is 103 Å². The van der Waals surface area contributed by atoms with E-state index in [9.17, 15) is 9.59 Å². The van der Waals surface area contributed by atoms with Gasteiger partial charge in [0.1, 0.15) is 17.8 Å². The molecule has 2 aromatic heterocycles. The Morgan fingerprint density at radius 2 is 2.03 bits per heavy atom. The number of nitrogens with zero attached hydrogens (tertiary/aromatic N) is 3. The van der Waals surface area contributed by atoms with Gasteiger partial charge in [0.2, 0.25) is 0 Å². The Balaban J connectivity index is 1.28. The van der Waals surface area contributed by atoms with Crippen LogP contribution in [0.4, 0.5) is 16.3 Å². The van der Waals surface area contributed by atoms with Gasteiger partial charge >= 0.3 is 6.03 Å². The monoisotopic (exact) mass is 392 g/mol. The molecule has 4 rings (SSSR count). The van der Waals surface area contributed by atoms with Crippen LogP contribution >= 0.6 is 0 Å². The zero-order chi connectivity index (χ0) is 20.1. The van der Waals surface area contributed by atoms with Crippen LogP contribution in [0, 0.1) is 5.92 Å². The first-order valence-corrected chi connectivity index (χ1v) is 9.83. The van der Waals surface area contributed by atoms with Crippen molar-refractivity contribution < 1.29 is 9.59 Å². The fourth-order valence-corrected chi connectivity index (χ4v) is 3.80. The van der Waals surface area contributed by atoms with Gasteiger partial charge < -0.3 is 20.5 Å². The van der Waals surface area contributed by atoms with Gasteiger partial charge in [-0.2, -0.15) is 0 Å². The van der Waals surface area contributed by atoms with E-state index in [-0.39, 0.29) is 24.3 Å². The number of carbonyl (C=O) groups is 2. The highest BCUT2D eigenvalue weighted by Gasteiger charge is 2.24. The van der Waals surface area contributed by atoms with Crippen molar-refractivity contribution in [2.75, 3.05) is 29.9 Å². The summed E-state index contributed by atoms with van der Waals surface area (Å²) in [7, 11) is 0. The zero-order valence-corrected chi connectivity index (χ0v) is 16.1. The first-order valence-electron chi connectivity index (χ1n) is 9.83. The smallest absolute Gasteiger partial charge is 0.319 e. The summed E-state index contributed by atoms with van der Waals surface area (Å²) >= 11 is 0. The van der Waals surface area contributed by atoms with Crippen LogP contribution in [0.1, 0.15) is 19.3 Å². The third-order valence-corrected chi connectivity index (χ3v) is 5.15. The minimum atomic E-state index is -0.370. The van der Waals surface area contributed by atoms with Crippen molar-refractivity contribution in [2.24, 2.45) is 5.92 Å². The summed E-state index contributed by atoms with van der Waals surface area (Å²) < 4.78 is 0. The van der Waals surface area contributed by atoms with Crippen LogP contribution in [0.2, 0.25) is 0 Å². The quantitative estimate of drug-likeness (QED) is 0.598. The largest absolute Gasteiger partial charge is 0.356 e. The zero-order valence-electron chi connectivity index (χ0n) is 16.1. The number of piperidine rings is 1. The number of urea groups is 1. The van der Waals surface area contributed by atoms with Crippen LogP contribution in [-0.2, 0) is 4.79 Å². The third kappa shape index (κ3) is 4.71. The minimum absolute atomic E-state index is 0.0325. The molecule has 3 aromatic rings. The number of H-pyrrole nitrogens is 1. The molecule has 1 saturated heterocycles. The van der Waals surface area contributed by atoms with Gasteiger partial charge in [0, 0.05) is 31.4 Å². The van der Waals surface area contributed by atoms with Crippen LogP contribution in [0.3, 0.4) is 0 Å². The Morgan fingerprint density at radius 1 is 1.17 bits per heavy atom. The standard InChI is InChI=1S/C21H24N6O2/c28-17(12-23-21(29)26-16-6-2-1-3-7-16)11-15-5-4-10-27(13-15)20-18-8-9-22-19(18)24-14-25-20/h1-3,6-9,14-15H,4-5,10-13H2,(H,22,24,25)(H2,23,26,29). The van der Waals surface area contributed by atoms with Gasteiger partial charge in [-0.15, -0.1) is 0 Å². The summed E-state index contributed by atoms with van der Waals surface area (Å²) in [6.45, 7) is 1.73. The summed E-state index contributed by atoms with van der Waals surface area (Å²) in [6.07, 6.45) is 5.89. The molecule has 0 bridgehead atoms. The highest BCUT2D eigenvalue weighted by molar-refractivity contribution is 5.92. The molecule has 8 nitrogen and oxygen atoms in total. The average molecular weight is 392 g/mol. The number of hydrogen-bond acceptors (Lipinski definition) is 5. The van der Waals surface area contributed by atoms with Gasteiger partial charge in [-0.05, 0) is 37.0 Å². The van der Waals surface area contributed by atoms with Gasteiger partial charge in [0.15, 0.2) is 5.78 Å². The van der Waals surface area contributed by atoms with E-state index in [4.69, 9.17) is 0 Å². The van der Waals surface area contributed by atoms with E-state index < -0.39 is 0 Å². The number of carbonyl (C=O) groups excluding carboxylic acids is 2. The Labute approximate surface area is 168 Å². The SMILES string of the molecule is O=C(CNC(=O)Nc1ccccc1)CC1CCCN(c2ncnc3[nH]ccc23)C1. The summed E-state index contributed by atoms with van der Waals surface area (Å²) in [6, 6.07) is 10.8. The molecule has 0 aliphatic carbocycles. The average Bonchev–Trinajstić information content (AvgIpc) is 3.22. The Hall–Kier alpha value is -3.42. The Bertz CT molecular complexity index is 987. The fourth-order valence-electron chi connectivity index (χ4n) is 3.80. The molecule has 0 saturated carbocycles. The number of benzene rings is 1. The van der Waals surface area contributed by atoms with Crippen LogP contribution in [0.5, 0.6) is 0 Å². The van der Waals surface area contributed by atoms with Crippen molar-refractivity contribution in [3.8, 4) is 0 Å². The van der Waals surface area contributed by atoms with Gasteiger partial charge in [0.05, 0.1) is 11.9 Å². The van der Waals surface area contributed by atoms with Gasteiger partial charge in [-0.25, -0.2) is 14.8 Å². The molecule has 1 atom stereocenters. The number of aromatic amines is 1. The molecule has 1 aromatic carbocycles. The van der Waals surface area contributed by atoms with Crippen LogP contribution in [0.15, 0.2) is 48.9 Å². The normalized spacial score (nSPS) is 16.6. The number of rotatable bonds is 6. The molecule has 2 amide bonds. The summed E-state index contributed by atoms with van der Waals surface area (Å²) in [5, 5.41) is 6.36. The van der Waals surface area contributed by atoms with E-state index in [0.717, 1.165) is 42.8 Å². The molecule has 0 radical (unpaired) electrons. The van der Waals surface area contributed by atoms with E-state index in [0.29, 0.717) is 12.1 Å². The maximum atomic E-state index is 12.4. The number of hydrogen-bond donors (Lipinski definition) is 3. The molecule has 8 heteroatoms. The van der Waals surface area contributed by atoms with E-state index in [1.165, 1.54) is 0 Å². The van der Waals surface area contributed by atoms with Crippen molar-refractivity contribution in [3.05, 3.63) is 48.9 Å². The molecule has 1 aliphatic rings. The summed E-state index contributed by atoms with van der Waals surface area (Å²) in [5.74, 6) is 1.20. The van der Waals surface area contributed by atoms with E-state index in [1.54, 1.807) is 18.5 Å². The minimum Gasteiger partial charge on any atom is -0.356 e. The molecule has 1 fully saturated rings. The lowest BCUT2D eigenvalue weighted by Crippen LogP contribution is -2.39. The van der Waals surface area contributed by atoms with Crippen molar-refractivity contribution in [1.29, 1.82) is 0 Å². The van der Waals surface area contributed by atoms with Gasteiger partial charge in [0.25, 0.3) is 0 Å². The number of ketones is 1. The highest BCUT2D eigenvalue weighted by atomic mass is 16.2. The lowest BCUT2D eigenvalue weighted by atomic mass is 9.92. The number of Topliss-reactive ketones (excluding diaryl/α,β-unsaturated/α-hetero) is 1.